The highest BCUT2D eigenvalue weighted by atomic mass is 32.1. The highest BCUT2D eigenvalue weighted by Gasteiger charge is 2.56. The third-order valence-corrected chi connectivity index (χ3v) is 8.80. The molecule has 1 unspecified atom stereocenters. The number of aryl methyl sites for hydroxylation is 2. The molecule has 3 aromatic rings. The Morgan fingerprint density at radius 3 is 2.63 bits per heavy atom. The van der Waals surface area contributed by atoms with Crippen molar-refractivity contribution in [2.45, 2.75) is 56.4 Å². The van der Waals surface area contributed by atoms with Crippen molar-refractivity contribution < 1.29 is 35.9 Å². The number of anilines is 3. The molecule has 0 bridgehead atoms. The van der Waals surface area contributed by atoms with Crippen LogP contribution in [0.2, 0.25) is 0 Å². The molecule has 2 saturated carbocycles. The number of amides is 2. The van der Waals surface area contributed by atoms with Gasteiger partial charge in [0.05, 0.1) is 11.5 Å². The average molecular weight is 603 g/mol. The molecule has 3 aliphatic rings. The third-order valence-electron chi connectivity index (χ3n) is 7.59. The lowest BCUT2D eigenvalue weighted by Gasteiger charge is -2.25. The summed E-state index contributed by atoms with van der Waals surface area (Å²) in [4.78, 5) is 26.6. The van der Waals surface area contributed by atoms with Gasteiger partial charge >= 0.3 is 6.18 Å². The van der Waals surface area contributed by atoms with E-state index in [4.69, 9.17) is 0 Å². The third kappa shape index (κ3) is 5.38. The molecule has 220 valence electrons. The van der Waals surface area contributed by atoms with E-state index in [0.29, 0.717) is 18.4 Å². The van der Waals surface area contributed by atoms with E-state index >= 15 is 0 Å². The molecule has 17 heteroatoms. The Morgan fingerprint density at radius 1 is 1.27 bits per heavy atom. The summed E-state index contributed by atoms with van der Waals surface area (Å²) in [6, 6.07) is 0.519. The van der Waals surface area contributed by atoms with Crippen LogP contribution in [-0.4, -0.2) is 55.0 Å². The van der Waals surface area contributed by atoms with Crippen LogP contribution in [0.4, 0.5) is 43.1 Å². The van der Waals surface area contributed by atoms with Crippen LogP contribution in [0.1, 0.15) is 51.8 Å². The monoisotopic (exact) mass is 602 g/mol. The van der Waals surface area contributed by atoms with E-state index in [1.165, 1.54) is 24.7 Å². The van der Waals surface area contributed by atoms with Crippen LogP contribution < -0.4 is 16.0 Å². The summed E-state index contributed by atoms with van der Waals surface area (Å²) >= 11 is 1.19. The van der Waals surface area contributed by atoms with E-state index in [-0.39, 0.29) is 54.2 Å². The number of nitrogens with one attached hydrogen (secondary N) is 3. The molecule has 3 aliphatic carbocycles. The van der Waals surface area contributed by atoms with Crippen molar-refractivity contribution >= 4 is 39.9 Å². The van der Waals surface area contributed by atoms with E-state index in [1.807, 2.05) is 0 Å². The van der Waals surface area contributed by atoms with Gasteiger partial charge in [-0.3, -0.25) is 18.8 Å². The largest absolute Gasteiger partial charge is 0.435 e. The molecule has 3 heterocycles. The summed E-state index contributed by atoms with van der Waals surface area (Å²) in [6.45, 7) is -0.230. The summed E-state index contributed by atoms with van der Waals surface area (Å²) < 4.78 is 82.3. The molecule has 4 atom stereocenters. The standard InChI is InChI=1S/C24H24F6N8O2S/c1-37-17(6-16(36-37)24(28,29)30)33-22-35-32-9-38(22)11-2-3-15-13(4-11)18(20(40)31-8-10-7-23(10,26)27)21(41-15)34-19(39)12-5-14(12)25/h6,9-12,14H,2-5,7-8H2,1H3,(H,31,40)(H,33,35)(H,34,39)/t10-,11?,12-,14+/m0/s1. The van der Waals surface area contributed by atoms with Crippen LogP contribution >= 0.6 is 11.3 Å². The van der Waals surface area contributed by atoms with Gasteiger partial charge in [-0.25, -0.2) is 13.2 Å². The number of thiophene rings is 1. The fraction of sp³-hybridized carbons (Fsp3) is 0.542. The molecule has 41 heavy (non-hydrogen) atoms. The van der Waals surface area contributed by atoms with Crippen LogP contribution in [0.3, 0.4) is 0 Å². The molecular formula is C24H24F6N8O2S. The smallest absolute Gasteiger partial charge is 0.351 e. The molecule has 0 spiro atoms. The number of nitrogens with zero attached hydrogens (tertiary/aromatic N) is 5. The SMILES string of the molecule is Cn1nc(C(F)(F)F)cc1Nc1nncn1C1CCc2sc(NC(=O)[C@H]3C[C@H]3F)c(C(=O)NC[C@@H]3CC3(F)F)c2C1. The van der Waals surface area contributed by atoms with Crippen molar-refractivity contribution in [1.82, 2.24) is 29.9 Å². The van der Waals surface area contributed by atoms with Crippen LogP contribution in [0, 0.1) is 11.8 Å². The van der Waals surface area contributed by atoms with E-state index < -0.39 is 47.6 Å². The van der Waals surface area contributed by atoms with Crippen molar-refractivity contribution in [2.75, 3.05) is 17.2 Å². The van der Waals surface area contributed by atoms with E-state index in [2.05, 4.69) is 31.2 Å². The number of hydrogen-bond donors (Lipinski definition) is 3. The fourth-order valence-electron chi connectivity index (χ4n) is 5.00. The van der Waals surface area contributed by atoms with E-state index in [0.717, 1.165) is 15.6 Å². The molecule has 0 radical (unpaired) electrons. The van der Waals surface area contributed by atoms with Gasteiger partial charge < -0.3 is 16.0 Å². The zero-order valence-corrected chi connectivity index (χ0v) is 22.3. The zero-order valence-electron chi connectivity index (χ0n) is 21.4. The summed E-state index contributed by atoms with van der Waals surface area (Å²) in [5.41, 5.74) is -0.325. The Balaban J connectivity index is 1.25. The topological polar surface area (TPSA) is 119 Å². The Bertz CT molecular complexity index is 1510. The van der Waals surface area contributed by atoms with E-state index in [9.17, 15) is 35.9 Å². The maximum atomic E-state index is 13.5. The summed E-state index contributed by atoms with van der Waals surface area (Å²) in [5.74, 6) is -5.55. The Morgan fingerprint density at radius 2 is 2.00 bits per heavy atom. The quantitative estimate of drug-likeness (QED) is 0.332. The summed E-state index contributed by atoms with van der Waals surface area (Å²) in [5, 5.41) is 19.6. The Kier molecular flexibility index (Phi) is 6.54. The van der Waals surface area contributed by atoms with Gasteiger partial charge in [-0.2, -0.15) is 18.3 Å². The van der Waals surface area contributed by atoms with Gasteiger partial charge in [0.1, 0.15) is 23.3 Å². The maximum Gasteiger partial charge on any atom is 0.435 e. The van der Waals surface area contributed by atoms with E-state index in [1.54, 1.807) is 4.57 Å². The number of carbonyl (C=O) groups is 2. The van der Waals surface area contributed by atoms with Crippen molar-refractivity contribution in [2.24, 2.45) is 18.9 Å². The molecule has 10 nitrogen and oxygen atoms in total. The van der Waals surface area contributed by atoms with Gasteiger partial charge in [0.2, 0.25) is 11.9 Å². The van der Waals surface area contributed by atoms with Crippen LogP contribution in [0.25, 0.3) is 0 Å². The first kappa shape index (κ1) is 27.5. The number of carbonyl (C=O) groups excluding carboxylic acids is 2. The van der Waals surface area contributed by atoms with Crippen LogP contribution in [0.5, 0.6) is 0 Å². The Hall–Kier alpha value is -3.63. The second-order valence-electron chi connectivity index (χ2n) is 10.5. The molecule has 2 amide bonds. The number of halogens is 6. The lowest BCUT2D eigenvalue weighted by molar-refractivity contribution is -0.141. The number of alkyl halides is 6. The predicted octanol–water partition coefficient (Wildman–Crippen LogP) is 4.25. The second kappa shape index (κ2) is 9.73. The molecule has 6 rings (SSSR count). The van der Waals surface area contributed by atoms with Gasteiger partial charge in [0, 0.05) is 42.9 Å². The highest BCUT2D eigenvalue weighted by Crippen LogP contribution is 2.48. The van der Waals surface area contributed by atoms with Gasteiger partial charge in [-0.05, 0) is 31.2 Å². The molecule has 2 fully saturated rings. The minimum atomic E-state index is -4.63. The Labute approximate surface area is 232 Å². The number of rotatable bonds is 8. The maximum absolute atomic E-state index is 13.5. The minimum Gasteiger partial charge on any atom is -0.351 e. The number of aromatic nitrogens is 5. The van der Waals surface area contributed by atoms with Gasteiger partial charge in [0.15, 0.2) is 5.69 Å². The summed E-state index contributed by atoms with van der Waals surface area (Å²) in [7, 11) is 1.35. The van der Waals surface area contributed by atoms with Crippen molar-refractivity contribution in [1.29, 1.82) is 0 Å². The molecule has 0 aromatic carbocycles. The molecule has 0 aliphatic heterocycles. The van der Waals surface area contributed by atoms with Gasteiger partial charge in [-0.15, -0.1) is 21.5 Å². The lowest BCUT2D eigenvalue weighted by Crippen LogP contribution is -2.29. The normalized spacial score (nSPS) is 24.5. The highest BCUT2D eigenvalue weighted by molar-refractivity contribution is 7.17. The molecular weight excluding hydrogens is 578 g/mol. The fourth-order valence-corrected chi connectivity index (χ4v) is 6.25. The van der Waals surface area contributed by atoms with Crippen molar-refractivity contribution in [3.05, 3.63) is 34.1 Å². The van der Waals surface area contributed by atoms with Gasteiger partial charge in [-0.1, -0.05) is 0 Å². The lowest BCUT2D eigenvalue weighted by atomic mass is 9.91. The predicted molar refractivity (Wildman–Crippen MR) is 134 cm³/mol. The molecule has 0 saturated heterocycles. The summed E-state index contributed by atoms with van der Waals surface area (Å²) in [6.07, 6.45) is -3.37. The molecule has 3 N–H and O–H groups in total. The minimum absolute atomic E-state index is 0.0341. The zero-order chi connectivity index (χ0) is 29.3. The van der Waals surface area contributed by atoms with Crippen molar-refractivity contribution in [3.8, 4) is 0 Å². The first-order chi connectivity index (χ1) is 19.3. The number of fused-ring (bicyclic) bond motifs is 1. The number of hydrogen-bond acceptors (Lipinski definition) is 7. The second-order valence-corrected chi connectivity index (χ2v) is 11.7. The van der Waals surface area contributed by atoms with Crippen LogP contribution in [-0.2, 0) is 30.9 Å². The van der Waals surface area contributed by atoms with Crippen LogP contribution in [0.15, 0.2) is 12.4 Å². The molecule has 3 aromatic heterocycles. The van der Waals surface area contributed by atoms with Gasteiger partial charge in [0.25, 0.3) is 11.8 Å². The van der Waals surface area contributed by atoms with Crippen molar-refractivity contribution in [3.63, 3.8) is 0 Å². The average Bonchev–Trinajstić information content (AvgIpc) is 3.50. The first-order valence-electron chi connectivity index (χ1n) is 12.8. The first-order valence-corrected chi connectivity index (χ1v) is 13.7.